The van der Waals surface area contributed by atoms with Gasteiger partial charge in [0.2, 0.25) is 0 Å². The van der Waals surface area contributed by atoms with E-state index in [1.165, 1.54) is 23.8 Å². The van der Waals surface area contributed by atoms with E-state index >= 15 is 0 Å². The standard InChI is InChI=1S/C14H11N3O2/c1-10(18)12-8-15-17-9-11(5-6-13(12)17)16-7-3-2-4-14(16)19/h2-9H,1H3. The fourth-order valence-corrected chi connectivity index (χ4v) is 2.03. The van der Waals surface area contributed by atoms with Gasteiger partial charge in [-0.25, -0.2) is 4.52 Å². The molecular formula is C14H11N3O2. The fourth-order valence-electron chi connectivity index (χ4n) is 2.03. The van der Waals surface area contributed by atoms with Crippen LogP contribution in [-0.4, -0.2) is 20.0 Å². The number of rotatable bonds is 2. The summed E-state index contributed by atoms with van der Waals surface area (Å²) in [7, 11) is 0. The summed E-state index contributed by atoms with van der Waals surface area (Å²) in [6.45, 7) is 1.51. The first-order valence-corrected chi connectivity index (χ1v) is 5.83. The van der Waals surface area contributed by atoms with Crippen molar-refractivity contribution in [3.63, 3.8) is 0 Å². The second kappa shape index (κ2) is 4.20. The first-order valence-electron chi connectivity index (χ1n) is 5.83. The molecule has 0 saturated heterocycles. The molecule has 19 heavy (non-hydrogen) atoms. The van der Waals surface area contributed by atoms with Crippen LogP contribution in [0.2, 0.25) is 0 Å². The summed E-state index contributed by atoms with van der Waals surface area (Å²) in [5.41, 5.74) is 1.91. The summed E-state index contributed by atoms with van der Waals surface area (Å²) < 4.78 is 3.13. The Labute approximate surface area is 108 Å². The van der Waals surface area contributed by atoms with E-state index in [9.17, 15) is 9.59 Å². The lowest BCUT2D eigenvalue weighted by molar-refractivity contribution is 0.101. The molecule has 3 heterocycles. The van der Waals surface area contributed by atoms with Crippen LogP contribution in [0.3, 0.4) is 0 Å². The van der Waals surface area contributed by atoms with Gasteiger partial charge < -0.3 is 0 Å². The number of pyridine rings is 2. The van der Waals surface area contributed by atoms with Crippen LogP contribution < -0.4 is 5.56 Å². The molecule has 0 bridgehead atoms. The third kappa shape index (κ3) is 1.85. The second-order valence-electron chi connectivity index (χ2n) is 4.24. The molecule has 5 heteroatoms. The number of ketones is 1. The largest absolute Gasteiger partial charge is 0.294 e. The van der Waals surface area contributed by atoms with Crippen molar-refractivity contribution in [2.75, 3.05) is 0 Å². The van der Waals surface area contributed by atoms with Gasteiger partial charge in [0.1, 0.15) is 0 Å². The van der Waals surface area contributed by atoms with Gasteiger partial charge in [-0.15, -0.1) is 0 Å². The van der Waals surface area contributed by atoms with Crippen LogP contribution in [0.1, 0.15) is 17.3 Å². The van der Waals surface area contributed by atoms with E-state index in [2.05, 4.69) is 5.10 Å². The average Bonchev–Trinajstić information content (AvgIpc) is 2.82. The van der Waals surface area contributed by atoms with Crippen LogP contribution in [0.25, 0.3) is 11.2 Å². The lowest BCUT2D eigenvalue weighted by atomic mass is 10.2. The van der Waals surface area contributed by atoms with E-state index in [0.29, 0.717) is 11.3 Å². The van der Waals surface area contributed by atoms with Gasteiger partial charge in [-0.1, -0.05) is 6.07 Å². The SMILES string of the molecule is CC(=O)c1cnn2cc(-n3ccccc3=O)ccc12. The van der Waals surface area contributed by atoms with Crippen molar-refractivity contribution in [3.05, 3.63) is 64.8 Å². The van der Waals surface area contributed by atoms with Crippen molar-refractivity contribution >= 4 is 11.3 Å². The second-order valence-corrected chi connectivity index (χ2v) is 4.24. The summed E-state index contributed by atoms with van der Waals surface area (Å²) in [5, 5.41) is 4.14. The zero-order chi connectivity index (χ0) is 13.4. The Hall–Kier alpha value is -2.69. The van der Waals surface area contributed by atoms with E-state index < -0.39 is 0 Å². The van der Waals surface area contributed by atoms with Crippen LogP contribution in [0.4, 0.5) is 0 Å². The molecule has 0 saturated carbocycles. The minimum absolute atomic E-state index is 0.0281. The van der Waals surface area contributed by atoms with Crippen molar-refractivity contribution in [1.82, 2.24) is 14.2 Å². The van der Waals surface area contributed by atoms with Crippen LogP contribution >= 0.6 is 0 Å². The minimum Gasteiger partial charge on any atom is -0.294 e. The quantitative estimate of drug-likeness (QED) is 0.653. The molecule has 0 amide bonds. The Balaban J connectivity index is 2.21. The summed E-state index contributed by atoms with van der Waals surface area (Å²) in [6.07, 6.45) is 4.96. The Kier molecular flexibility index (Phi) is 2.52. The highest BCUT2D eigenvalue weighted by Gasteiger charge is 2.09. The third-order valence-electron chi connectivity index (χ3n) is 2.98. The van der Waals surface area contributed by atoms with Crippen molar-refractivity contribution in [2.24, 2.45) is 0 Å². The normalized spacial score (nSPS) is 10.8. The fraction of sp³-hybridized carbons (Fsp3) is 0.0714. The summed E-state index contributed by atoms with van der Waals surface area (Å²) in [4.78, 5) is 23.2. The molecular weight excluding hydrogens is 242 g/mol. The summed E-state index contributed by atoms with van der Waals surface area (Å²) in [5.74, 6) is -0.0281. The van der Waals surface area contributed by atoms with Gasteiger partial charge in [-0.3, -0.25) is 14.2 Å². The number of Topliss-reactive ketones (excluding diaryl/α,β-unsaturated/α-hetero) is 1. The minimum atomic E-state index is -0.110. The van der Waals surface area contributed by atoms with Gasteiger partial charge in [-0.05, 0) is 25.1 Å². The molecule has 0 aromatic carbocycles. The first kappa shape index (κ1) is 11.4. The number of fused-ring (bicyclic) bond motifs is 1. The zero-order valence-electron chi connectivity index (χ0n) is 10.3. The molecule has 0 unspecified atom stereocenters. The highest BCUT2D eigenvalue weighted by Crippen LogP contribution is 2.14. The molecule has 0 aliphatic rings. The van der Waals surface area contributed by atoms with E-state index in [0.717, 1.165) is 5.52 Å². The smallest absolute Gasteiger partial charge is 0.255 e. The number of nitrogens with zero attached hydrogens (tertiary/aromatic N) is 3. The average molecular weight is 253 g/mol. The number of hydrogen-bond donors (Lipinski definition) is 0. The predicted octanol–water partition coefficient (Wildman–Crippen LogP) is 1.69. The highest BCUT2D eigenvalue weighted by molar-refractivity contribution is 6.00. The topological polar surface area (TPSA) is 56.4 Å². The maximum atomic E-state index is 11.7. The summed E-state index contributed by atoms with van der Waals surface area (Å²) >= 11 is 0. The highest BCUT2D eigenvalue weighted by atomic mass is 16.1. The molecule has 0 N–H and O–H groups in total. The maximum Gasteiger partial charge on any atom is 0.255 e. The third-order valence-corrected chi connectivity index (χ3v) is 2.98. The lowest BCUT2D eigenvalue weighted by Gasteiger charge is -2.05. The molecule has 0 aliphatic heterocycles. The molecule has 0 spiro atoms. The molecule has 0 radical (unpaired) electrons. The number of carbonyl (C=O) groups excluding carboxylic acids is 1. The maximum absolute atomic E-state index is 11.7. The molecule has 94 valence electrons. The number of aromatic nitrogens is 3. The van der Waals surface area contributed by atoms with E-state index in [4.69, 9.17) is 0 Å². The van der Waals surface area contributed by atoms with Gasteiger partial charge in [0, 0.05) is 12.3 Å². The van der Waals surface area contributed by atoms with E-state index in [1.807, 2.05) is 0 Å². The van der Waals surface area contributed by atoms with Gasteiger partial charge in [0.15, 0.2) is 5.78 Å². The Morgan fingerprint density at radius 3 is 2.79 bits per heavy atom. The van der Waals surface area contributed by atoms with E-state index in [1.54, 1.807) is 41.2 Å². The molecule has 3 aromatic heterocycles. The van der Waals surface area contributed by atoms with Crippen LogP contribution in [0, 0.1) is 0 Å². The van der Waals surface area contributed by atoms with Gasteiger partial charge in [0.05, 0.1) is 29.2 Å². The predicted molar refractivity (Wildman–Crippen MR) is 70.8 cm³/mol. The number of carbonyl (C=O) groups is 1. The molecule has 3 rings (SSSR count). The summed E-state index contributed by atoms with van der Waals surface area (Å²) in [6, 6.07) is 8.56. The van der Waals surface area contributed by atoms with Gasteiger partial charge >= 0.3 is 0 Å². The van der Waals surface area contributed by atoms with Crippen molar-refractivity contribution in [1.29, 1.82) is 0 Å². The molecule has 0 atom stereocenters. The van der Waals surface area contributed by atoms with Crippen molar-refractivity contribution in [3.8, 4) is 5.69 Å². The monoisotopic (exact) mass is 253 g/mol. The van der Waals surface area contributed by atoms with Crippen molar-refractivity contribution < 1.29 is 4.79 Å². The molecule has 5 nitrogen and oxygen atoms in total. The van der Waals surface area contributed by atoms with Crippen LogP contribution in [0.15, 0.2) is 53.7 Å². The van der Waals surface area contributed by atoms with Crippen LogP contribution in [-0.2, 0) is 0 Å². The van der Waals surface area contributed by atoms with Crippen molar-refractivity contribution in [2.45, 2.75) is 6.92 Å². The zero-order valence-corrected chi connectivity index (χ0v) is 10.3. The van der Waals surface area contributed by atoms with Gasteiger partial charge in [0.25, 0.3) is 5.56 Å². The Bertz CT molecular complexity index is 830. The number of hydrogen-bond acceptors (Lipinski definition) is 3. The first-order chi connectivity index (χ1) is 9.16. The van der Waals surface area contributed by atoms with E-state index in [-0.39, 0.29) is 11.3 Å². The Morgan fingerprint density at radius 1 is 1.21 bits per heavy atom. The Morgan fingerprint density at radius 2 is 2.05 bits per heavy atom. The molecule has 3 aromatic rings. The molecule has 0 aliphatic carbocycles. The molecule has 0 fully saturated rings. The van der Waals surface area contributed by atoms with Crippen LogP contribution in [0.5, 0.6) is 0 Å². The van der Waals surface area contributed by atoms with Gasteiger partial charge in [-0.2, -0.15) is 5.10 Å². The lowest BCUT2D eigenvalue weighted by Crippen LogP contribution is -2.15.